The lowest BCUT2D eigenvalue weighted by molar-refractivity contribution is 0.591. The number of aryl methyl sites for hydroxylation is 1. The van der Waals surface area contributed by atoms with Crippen LogP contribution in [0.2, 0.25) is 0 Å². The van der Waals surface area contributed by atoms with Crippen LogP contribution in [0.25, 0.3) is 11.2 Å². The Balaban J connectivity index is 2.57. The molecule has 0 fully saturated rings. The average molecular weight is 193 g/mol. The van der Waals surface area contributed by atoms with Crippen molar-refractivity contribution in [3.8, 4) is 0 Å². The summed E-state index contributed by atoms with van der Waals surface area (Å²) in [6.45, 7) is 2.86. The van der Waals surface area contributed by atoms with Crippen molar-refractivity contribution in [3.63, 3.8) is 0 Å². The molecule has 14 heavy (non-hydrogen) atoms. The van der Waals surface area contributed by atoms with Gasteiger partial charge in [0.15, 0.2) is 17.0 Å². The van der Waals surface area contributed by atoms with Crippen molar-refractivity contribution in [3.05, 3.63) is 6.33 Å². The molecular formula is C7H11N7. The highest BCUT2D eigenvalue weighted by molar-refractivity contribution is 5.81. The minimum Gasteiger partial charge on any atom is -0.306 e. The molecule has 0 amide bonds. The van der Waals surface area contributed by atoms with E-state index in [-0.39, 0.29) is 0 Å². The van der Waals surface area contributed by atoms with Crippen LogP contribution in [0.5, 0.6) is 0 Å². The van der Waals surface area contributed by atoms with Gasteiger partial charge in [-0.2, -0.15) is 0 Å². The Morgan fingerprint density at radius 1 is 1.50 bits per heavy atom. The van der Waals surface area contributed by atoms with Crippen molar-refractivity contribution in [2.24, 2.45) is 5.84 Å². The van der Waals surface area contributed by atoms with Gasteiger partial charge >= 0.3 is 0 Å². The standard InChI is InChI=1S/C7H11N7/c1-2-3-14-7-5(12-13-14)6(11-8)9-4-10-7/h4H,2-3,8H2,1H3,(H,9,10,11). The average Bonchev–Trinajstić information content (AvgIpc) is 2.62. The Hall–Kier alpha value is -1.76. The van der Waals surface area contributed by atoms with Crippen LogP contribution in [-0.4, -0.2) is 25.0 Å². The molecule has 2 heterocycles. The molecule has 74 valence electrons. The fraction of sp³-hybridized carbons (Fsp3) is 0.429. The van der Waals surface area contributed by atoms with Crippen LogP contribution in [0, 0.1) is 0 Å². The smallest absolute Gasteiger partial charge is 0.183 e. The summed E-state index contributed by atoms with van der Waals surface area (Å²) in [4.78, 5) is 8.04. The van der Waals surface area contributed by atoms with E-state index in [2.05, 4.69) is 32.6 Å². The lowest BCUT2D eigenvalue weighted by Crippen LogP contribution is -2.09. The van der Waals surface area contributed by atoms with Gasteiger partial charge in [-0.05, 0) is 6.42 Å². The predicted molar refractivity (Wildman–Crippen MR) is 51.2 cm³/mol. The lowest BCUT2D eigenvalue weighted by atomic mass is 10.4. The molecule has 0 saturated carbocycles. The summed E-state index contributed by atoms with van der Waals surface area (Å²) >= 11 is 0. The summed E-state index contributed by atoms with van der Waals surface area (Å²) in [5.74, 6) is 5.78. The number of nitrogen functional groups attached to an aromatic ring is 1. The Morgan fingerprint density at radius 2 is 2.36 bits per heavy atom. The minimum atomic E-state index is 0.498. The van der Waals surface area contributed by atoms with Crippen molar-refractivity contribution in [1.29, 1.82) is 0 Å². The van der Waals surface area contributed by atoms with E-state index in [1.54, 1.807) is 4.68 Å². The molecule has 0 atom stereocenters. The van der Waals surface area contributed by atoms with E-state index in [1.165, 1.54) is 6.33 Å². The van der Waals surface area contributed by atoms with Crippen molar-refractivity contribution in [1.82, 2.24) is 25.0 Å². The fourth-order valence-corrected chi connectivity index (χ4v) is 1.26. The number of nitrogens with one attached hydrogen (secondary N) is 1. The first-order valence-electron chi connectivity index (χ1n) is 4.37. The number of anilines is 1. The maximum atomic E-state index is 5.28. The van der Waals surface area contributed by atoms with E-state index in [1.807, 2.05) is 0 Å². The third-order valence-corrected chi connectivity index (χ3v) is 1.87. The zero-order chi connectivity index (χ0) is 9.97. The molecule has 0 aromatic carbocycles. The van der Waals surface area contributed by atoms with Gasteiger partial charge in [-0.1, -0.05) is 12.1 Å². The van der Waals surface area contributed by atoms with Crippen molar-refractivity contribution in [2.75, 3.05) is 5.43 Å². The summed E-state index contributed by atoms with van der Waals surface area (Å²) in [5, 5.41) is 7.92. The topological polar surface area (TPSA) is 94.5 Å². The van der Waals surface area contributed by atoms with Crippen molar-refractivity contribution >= 4 is 17.0 Å². The van der Waals surface area contributed by atoms with Gasteiger partial charge in [0.25, 0.3) is 0 Å². The number of rotatable bonds is 3. The molecule has 0 bridgehead atoms. The van der Waals surface area contributed by atoms with Crippen molar-refractivity contribution in [2.45, 2.75) is 19.9 Å². The maximum Gasteiger partial charge on any atom is 0.183 e. The Bertz CT molecular complexity index is 435. The van der Waals surface area contributed by atoms with Gasteiger partial charge in [0, 0.05) is 6.54 Å². The quantitative estimate of drug-likeness (QED) is 0.523. The largest absolute Gasteiger partial charge is 0.306 e. The first-order valence-corrected chi connectivity index (χ1v) is 4.37. The number of nitrogens with zero attached hydrogens (tertiary/aromatic N) is 5. The van der Waals surface area contributed by atoms with E-state index >= 15 is 0 Å². The summed E-state index contributed by atoms with van der Waals surface area (Å²) < 4.78 is 1.73. The van der Waals surface area contributed by atoms with Crippen LogP contribution in [0.4, 0.5) is 5.82 Å². The molecule has 0 saturated heterocycles. The van der Waals surface area contributed by atoms with E-state index in [4.69, 9.17) is 5.84 Å². The van der Waals surface area contributed by atoms with Gasteiger partial charge in [0.1, 0.15) is 6.33 Å². The highest BCUT2D eigenvalue weighted by Crippen LogP contribution is 2.14. The Kier molecular flexibility index (Phi) is 2.23. The molecule has 0 aliphatic heterocycles. The van der Waals surface area contributed by atoms with E-state index in [0.29, 0.717) is 17.0 Å². The van der Waals surface area contributed by atoms with Gasteiger partial charge in [0.05, 0.1) is 0 Å². The Morgan fingerprint density at radius 3 is 3.07 bits per heavy atom. The summed E-state index contributed by atoms with van der Waals surface area (Å²) in [5.41, 5.74) is 3.76. The summed E-state index contributed by atoms with van der Waals surface area (Å²) in [6.07, 6.45) is 2.42. The van der Waals surface area contributed by atoms with Gasteiger partial charge in [-0.15, -0.1) is 5.10 Å². The molecule has 7 nitrogen and oxygen atoms in total. The molecule has 0 aliphatic carbocycles. The normalized spacial score (nSPS) is 10.7. The van der Waals surface area contributed by atoms with Crippen LogP contribution in [0.15, 0.2) is 6.33 Å². The molecule has 0 aliphatic rings. The van der Waals surface area contributed by atoms with Crippen LogP contribution in [-0.2, 0) is 6.54 Å². The minimum absolute atomic E-state index is 0.498. The van der Waals surface area contributed by atoms with Crippen LogP contribution in [0.3, 0.4) is 0 Å². The van der Waals surface area contributed by atoms with Crippen LogP contribution < -0.4 is 11.3 Å². The maximum absolute atomic E-state index is 5.28. The summed E-state index contributed by atoms with van der Waals surface area (Å²) in [6, 6.07) is 0. The van der Waals surface area contributed by atoms with Gasteiger partial charge < -0.3 is 5.43 Å². The predicted octanol–water partition coefficient (Wildman–Crippen LogP) is -0.0831. The zero-order valence-corrected chi connectivity index (χ0v) is 7.80. The number of hydrogen-bond acceptors (Lipinski definition) is 6. The highest BCUT2D eigenvalue weighted by atomic mass is 15.4. The molecule has 2 aromatic heterocycles. The molecule has 2 aromatic rings. The van der Waals surface area contributed by atoms with Gasteiger partial charge in [0.2, 0.25) is 0 Å². The SMILES string of the molecule is CCCn1nnc2c(NN)ncnc21. The first kappa shape index (κ1) is 8.82. The lowest BCUT2D eigenvalue weighted by Gasteiger charge is -1.99. The van der Waals surface area contributed by atoms with Gasteiger partial charge in [-0.25, -0.2) is 20.5 Å². The van der Waals surface area contributed by atoms with E-state index < -0.39 is 0 Å². The van der Waals surface area contributed by atoms with E-state index in [9.17, 15) is 0 Å². The second-order valence-electron chi connectivity index (χ2n) is 2.85. The molecule has 0 spiro atoms. The summed E-state index contributed by atoms with van der Waals surface area (Å²) in [7, 11) is 0. The first-order chi connectivity index (χ1) is 6.86. The number of hydrazine groups is 1. The zero-order valence-electron chi connectivity index (χ0n) is 7.80. The number of nitrogens with two attached hydrogens (primary N) is 1. The third-order valence-electron chi connectivity index (χ3n) is 1.87. The van der Waals surface area contributed by atoms with Gasteiger partial charge in [-0.3, -0.25) is 0 Å². The van der Waals surface area contributed by atoms with Crippen molar-refractivity contribution < 1.29 is 0 Å². The molecule has 0 unspecified atom stereocenters. The second kappa shape index (κ2) is 3.54. The number of fused-ring (bicyclic) bond motifs is 1. The Labute approximate surface area is 80.3 Å². The molecule has 0 radical (unpaired) electrons. The molecule has 2 rings (SSSR count). The number of hydrogen-bond donors (Lipinski definition) is 2. The molecular weight excluding hydrogens is 182 g/mol. The number of aromatic nitrogens is 5. The third kappa shape index (κ3) is 1.27. The molecule has 7 heteroatoms. The fourth-order valence-electron chi connectivity index (χ4n) is 1.26. The molecule has 3 N–H and O–H groups in total. The van der Waals surface area contributed by atoms with Crippen LogP contribution >= 0.6 is 0 Å². The van der Waals surface area contributed by atoms with Crippen LogP contribution in [0.1, 0.15) is 13.3 Å². The van der Waals surface area contributed by atoms with E-state index in [0.717, 1.165) is 13.0 Å². The highest BCUT2D eigenvalue weighted by Gasteiger charge is 2.09. The second-order valence-corrected chi connectivity index (χ2v) is 2.85. The monoisotopic (exact) mass is 193 g/mol.